The SMILES string of the molecule is CCCC1=NN=C2C(=S)N=CN=C12. The van der Waals surface area contributed by atoms with Crippen LogP contribution in [0, 0.1) is 0 Å². The number of nitrogens with zero attached hydrogens (tertiary/aromatic N) is 4. The molecule has 0 saturated heterocycles. The van der Waals surface area contributed by atoms with E-state index in [4.69, 9.17) is 12.2 Å². The predicted molar refractivity (Wildman–Crippen MR) is 58.3 cm³/mol. The van der Waals surface area contributed by atoms with Gasteiger partial charge in [-0.15, -0.1) is 5.10 Å². The van der Waals surface area contributed by atoms with Crippen molar-refractivity contribution in [1.29, 1.82) is 0 Å². The molecule has 0 amide bonds. The average Bonchev–Trinajstić information content (AvgIpc) is 2.51. The second kappa shape index (κ2) is 3.26. The lowest BCUT2D eigenvalue weighted by atomic mass is 10.1. The number of thiocarbonyl (C=S) groups is 1. The van der Waals surface area contributed by atoms with Crippen LogP contribution in [0.15, 0.2) is 20.2 Å². The molecular weight excluding hydrogens is 184 g/mol. The smallest absolute Gasteiger partial charge is 0.157 e. The second-order valence-corrected chi connectivity index (χ2v) is 3.16. The van der Waals surface area contributed by atoms with Crippen LogP contribution < -0.4 is 0 Å². The molecule has 0 N–H and O–H groups in total. The van der Waals surface area contributed by atoms with Crippen LogP contribution in [0.25, 0.3) is 0 Å². The zero-order chi connectivity index (χ0) is 9.26. The monoisotopic (exact) mass is 192 g/mol. The molecule has 0 bridgehead atoms. The van der Waals surface area contributed by atoms with Gasteiger partial charge in [0, 0.05) is 0 Å². The van der Waals surface area contributed by atoms with Gasteiger partial charge in [-0.25, -0.2) is 9.98 Å². The maximum absolute atomic E-state index is 5.00. The summed E-state index contributed by atoms with van der Waals surface area (Å²) < 4.78 is 0. The molecule has 0 fully saturated rings. The van der Waals surface area contributed by atoms with Crippen molar-refractivity contribution in [2.45, 2.75) is 19.8 Å². The Morgan fingerprint density at radius 3 is 2.92 bits per heavy atom. The molecule has 2 heterocycles. The molecule has 0 aromatic carbocycles. The highest BCUT2D eigenvalue weighted by Crippen LogP contribution is 2.10. The minimum atomic E-state index is 0.486. The van der Waals surface area contributed by atoms with E-state index >= 15 is 0 Å². The molecular formula is C8H8N4S. The van der Waals surface area contributed by atoms with Gasteiger partial charge in [0.05, 0.1) is 5.71 Å². The van der Waals surface area contributed by atoms with E-state index in [-0.39, 0.29) is 0 Å². The number of fused-ring (bicyclic) bond motifs is 1. The fourth-order valence-corrected chi connectivity index (χ4v) is 1.41. The Hall–Kier alpha value is -1.23. The summed E-state index contributed by atoms with van der Waals surface area (Å²) in [7, 11) is 0. The minimum Gasteiger partial charge on any atom is -0.233 e. The minimum absolute atomic E-state index is 0.486. The predicted octanol–water partition coefficient (Wildman–Crippen LogP) is 1.41. The van der Waals surface area contributed by atoms with Gasteiger partial charge in [-0.2, -0.15) is 5.10 Å². The van der Waals surface area contributed by atoms with Crippen molar-refractivity contribution >= 4 is 40.7 Å². The summed E-state index contributed by atoms with van der Waals surface area (Å²) in [6.07, 6.45) is 3.39. The normalized spacial score (nSPS) is 19.5. The zero-order valence-electron chi connectivity index (χ0n) is 7.19. The summed E-state index contributed by atoms with van der Waals surface area (Å²) in [4.78, 5) is 8.49. The van der Waals surface area contributed by atoms with E-state index in [1.54, 1.807) is 0 Å². The average molecular weight is 192 g/mol. The molecule has 4 nitrogen and oxygen atoms in total. The van der Waals surface area contributed by atoms with Crippen LogP contribution in [0.4, 0.5) is 0 Å². The van der Waals surface area contributed by atoms with Crippen molar-refractivity contribution in [3.63, 3.8) is 0 Å². The molecule has 0 unspecified atom stereocenters. The van der Waals surface area contributed by atoms with Crippen LogP contribution in [0.1, 0.15) is 19.8 Å². The van der Waals surface area contributed by atoms with Crippen molar-refractivity contribution in [2.24, 2.45) is 20.2 Å². The molecule has 0 aromatic rings. The fraction of sp³-hybridized carbons (Fsp3) is 0.375. The Morgan fingerprint density at radius 2 is 2.15 bits per heavy atom. The van der Waals surface area contributed by atoms with Gasteiger partial charge in [0.25, 0.3) is 0 Å². The van der Waals surface area contributed by atoms with Gasteiger partial charge in [-0.05, 0) is 6.42 Å². The van der Waals surface area contributed by atoms with Crippen LogP contribution in [0.2, 0.25) is 0 Å². The standard InChI is InChI=1S/C8H8N4S/c1-2-3-5-6-7(12-11-5)8(13)10-4-9-6/h4H,2-3H2,1H3. The van der Waals surface area contributed by atoms with Crippen molar-refractivity contribution in [3.8, 4) is 0 Å². The Morgan fingerprint density at radius 1 is 1.31 bits per heavy atom. The molecule has 2 aliphatic rings. The van der Waals surface area contributed by atoms with Gasteiger partial charge in [0.2, 0.25) is 0 Å². The van der Waals surface area contributed by atoms with Crippen molar-refractivity contribution < 1.29 is 0 Å². The summed E-state index contributed by atoms with van der Waals surface area (Å²) in [5.74, 6) is 0. The molecule has 0 aliphatic carbocycles. The Labute approximate surface area is 81.2 Å². The molecule has 2 aliphatic heterocycles. The first kappa shape index (κ1) is 8.37. The largest absolute Gasteiger partial charge is 0.233 e. The van der Waals surface area contributed by atoms with Crippen molar-refractivity contribution in [2.75, 3.05) is 0 Å². The lowest BCUT2D eigenvalue weighted by Crippen LogP contribution is -2.27. The Kier molecular flexibility index (Phi) is 2.10. The van der Waals surface area contributed by atoms with E-state index in [0.29, 0.717) is 10.7 Å². The lowest BCUT2D eigenvalue weighted by Gasteiger charge is -2.04. The Bertz CT molecular complexity index is 376. The van der Waals surface area contributed by atoms with Gasteiger partial charge in [0.1, 0.15) is 17.8 Å². The summed E-state index contributed by atoms with van der Waals surface area (Å²) in [6, 6.07) is 0. The maximum atomic E-state index is 5.00. The second-order valence-electron chi connectivity index (χ2n) is 2.77. The van der Waals surface area contributed by atoms with Crippen LogP contribution in [0.3, 0.4) is 0 Å². The van der Waals surface area contributed by atoms with Gasteiger partial charge >= 0.3 is 0 Å². The van der Waals surface area contributed by atoms with Crippen molar-refractivity contribution in [1.82, 2.24) is 0 Å². The molecule has 0 saturated carbocycles. The van der Waals surface area contributed by atoms with E-state index in [2.05, 4.69) is 27.1 Å². The third-order valence-electron chi connectivity index (χ3n) is 1.82. The van der Waals surface area contributed by atoms with E-state index in [1.165, 1.54) is 6.34 Å². The fourth-order valence-electron chi connectivity index (χ4n) is 1.23. The highest BCUT2D eigenvalue weighted by atomic mass is 32.1. The highest BCUT2D eigenvalue weighted by Gasteiger charge is 2.25. The van der Waals surface area contributed by atoms with Crippen molar-refractivity contribution in [3.05, 3.63) is 0 Å². The van der Waals surface area contributed by atoms with Crippen LogP contribution >= 0.6 is 12.2 Å². The first-order valence-corrected chi connectivity index (χ1v) is 4.53. The van der Waals surface area contributed by atoms with Crippen LogP contribution in [-0.2, 0) is 0 Å². The molecule has 0 aromatic heterocycles. The first-order valence-electron chi connectivity index (χ1n) is 4.13. The molecule has 0 radical (unpaired) electrons. The summed E-state index contributed by atoms with van der Waals surface area (Å²) in [5, 5.41) is 7.98. The summed E-state index contributed by atoms with van der Waals surface area (Å²) >= 11 is 5.00. The van der Waals surface area contributed by atoms with Gasteiger partial charge < -0.3 is 0 Å². The zero-order valence-corrected chi connectivity index (χ0v) is 8.01. The molecule has 0 spiro atoms. The van der Waals surface area contributed by atoms with E-state index in [1.807, 2.05) is 0 Å². The van der Waals surface area contributed by atoms with E-state index in [0.717, 1.165) is 24.3 Å². The van der Waals surface area contributed by atoms with Gasteiger partial charge in [0.15, 0.2) is 4.99 Å². The first-order chi connectivity index (χ1) is 6.33. The molecule has 0 atom stereocenters. The highest BCUT2D eigenvalue weighted by molar-refractivity contribution is 7.82. The van der Waals surface area contributed by atoms with Crippen LogP contribution in [-0.4, -0.2) is 28.5 Å². The number of hydrogen-bond donors (Lipinski definition) is 0. The lowest BCUT2D eigenvalue weighted by molar-refractivity contribution is 0.994. The topological polar surface area (TPSA) is 49.4 Å². The quantitative estimate of drug-likeness (QED) is 0.610. The number of hydrogen-bond acceptors (Lipinski definition) is 4. The number of rotatable bonds is 2. The van der Waals surface area contributed by atoms with Gasteiger partial charge in [-0.3, -0.25) is 0 Å². The summed E-state index contributed by atoms with van der Waals surface area (Å²) in [5.41, 5.74) is 2.38. The summed E-state index contributed by atoms with van der Waals surface area (Å²) in [6.45, 7) is 2.09. The Balaban J connectivity index is 2.30. The molecule has 66 valence electrons. The third kappa shape index (κ3) is 1.35. The van der Waals surface area contributed by atoms with Gasteiger partial charge in [-0.1, -0.05) is 25.6 Å². The number of aliphatic imine (C=N–C) groups is 2. The molecule has 13 heavy (non-hydrogen) atoms. The van der Waals surface area contributed by atoms with Crippen LogP contribution in [0.5, 0.6) is 0 Å². The third-order valence-corrected chi connectivity index (χ3v) is 2.12. The van der Waals surface area contributed by atoms with E-state index < -0.39 is 0 Å². The maximum Gasteiger partial charge on any atom is 0.157 e. The molecule has 2 rings (SSSR count). The van der Waals surface area contributed by atoms with E-state index in [9.17, 15) is 0 Å². The molecule has 5 heteroatoms.